The molecule has 152 valence electrons. The van der Waals surface area contributed by atoms with Gasteiger partial charge in [-0.2, -0.15) is 13.2 Å². The lowest BCUT2D eigenvalue weighted by molar-refractivity contribution is -0.137. The number of ether oxygens (including phenoxy) is 1. The van der Waals surface area contributed by atoms with Gasteiger partial charge in [-0.3, -0.25) is 9.59 Å². The van der Waals surface area contributed by atoms with E-state index < -0.39 is 28.6 Å². The van der Waals surface area contributed by atoms with Crippen LogP contribution in [-0.2, 0) is 15.8 Å². The Kier molecular flexibility index (Phi) is 5.65. The van der Waals surface area contributed by atoms with Crippen LogP contribution in [-0.4, -0.2) is 17.9 Å². The molecule has 2 amide bonds. The van der Waals surface area contributed by atoms with Crippen molar-refractivity contribution in [2.24, 2.45) is 0 Å². The van der Waals surface area contributed by atoms with Crippen molar-refractivity contribution in [2.75, 3.05) is 4.90 Å². The van der Waals surface area contributed by atoms with Gasteiger partial charge in [-0.05, 0) is 49.7 Å². The molecule has 0 aromatic heterocycles. The number of rotatable bonds is 4. The molecule has 3 rings (SSSR count). The minimum Gasteiger partial charge on any atom is -0.491 e. The van der Waals surface area contributed by atoms with Gasteiger partial charge in [0.1, 0.15) is 10.8 Å². The van der Waals surface area contributed by atoms with Crippen LogP contribution in [0.4, 0.5) is 18.9 Å². The molecule has 29 heavy (non-hydrogen) atoms. The molecule has 1 aliphatic rings. The lowest BCUT2D eigenvalue weighted by Crippen LogP contribution is -2.31. The van der Waals surface area contributed by atoms with Crippen LogP contribution >= 0.6 is 23.2 Å². The molecule has 2 aromatic carbocycles. The fraction of sp³-hybridized carbons (Fsp3) is 0.200. The Morgan fingerprint density at radius 1 is 0.966 bits per heavy atom. The zero-order valence-corrected chi connectivity index (χ0v) is 16.7. The summed E-state index contributed by atoms with van der Waals surface area (Å²) in [5.74, 6) is -1.18. The van der Waals surface area contributed by atoms with Crippen LogP contribution in [0.1, 0.15) is 25.0 Å². The van der Waals surface area contributed by atoms with Gasteiger partial charge in [-0.1, -0.05) is 35.3 Å². The highest BCUT2D eigenvalue weighted by molar-refractivity contribution is 6.60. The van der Waals surface area contributed by atoms with Crippen LogP contribution in [0.3, 0.4) is 0 Å². The van der Waals surface area contributed by atoms with Crippen LogP contribution in [0.25, 0.3) is 5.57 Å². The number of carbonyl (C=O) groups is 2. The summed E-state index contributed by atoms with van der Waals surface area (Å²) in [6.45, 7) is 3.71. The van der Waals surface area contributed by atoms with Gasteiger partial charge in [0.05, 0.1) is 28.0 Å². The number of carbonyl (C=O) groups excluding carboxylic acids is 2. The van der Waals surface area contributed by atoms with Crippen LogP contribution in [0.5, 0.6) is 5.75 Å². The highest BCUT2D eigenvalue weighted by Crippen LogP contribution is 2.40. The number of hydrogen-bond acceptors (Lipinski definition) is 3. The summed E-state index contributed by atoms with van der Waals surface area (Å²) in [6, 6.07) is 9.09. The lowest BCUT2D eigenvalue weighted by Gasteiger charge is -2.18. The van der Waals surface area contributed by atoms with E-state index in [0.717, 1.165) is 12.1 Å². The molecule has 0 bridgehead atoms. The van der Waals surface area contributed by atoms with E-state index in [0.29, 0.717) is 22.3 Å². The SMILES string of the molecule is CC(C)Oc1ccc(C2=C(Cl)C(=O)N(c3ccc(Cl)c(C(F)(F)F)c3)C2=O)cc1. The molecule has 0 N–H and O–H groups in total. The molecule has 0 fully saturated rings. The minimum atomic E-state index is -4.74. The fourth-order valence-corrected chi connectivity index (χ4v) is 3.33. The van der Waals surface area contributed by atoms with Crippen molar-refractivity contribution in [3.05, 3.63) is 63.6 Å². The van der Waals surface area contributed by atoms with Crippen molar-refractivity contribution in [3.63, 3.8) is 0 Å². The third-order valence-electron chi connectivity index (χ3n) is 4.06. The zero-order chi connectivity index (χ0) is 21.5. The minimum absolute atomic E-state index is 0.0541. The van der Waals surface area contributed by atoms with E-state index in [9.17, 15) is 22.8 Å². The maximum absolute atomic E-state index is 13.1. The molecule has 0 unspecified atom stereocenters. The van der Waals surface area contributed by atoms with E-state index in [1.807, 2.05) is 13.8 Å². The molecule has 0 saturated carbocycles. The van der Waals surface area contributed by atoms with Gasteiger partial charge < -0.3 is 4.74 Å². The monoisotopic (exact) mass is 443 g/mol. The fourth-order valence-electron chi connectivity index (χ4n) is 2.83. The Labute approximate surface area is 174 Å². The third kappa shape index (κ3) is 4.11. The van der Waals surface area contributed by atoms with Crippen LogP contribution in [0, 0.1) is 0 Å². The highest BCUT2D eigenvalue weighted by Gasteiger charge is 2.41. The quantitative estimate of drug-likeness (QED) is 0.571. The number of alkyl halides is 3. The largest absolute Gasteiger partial charge is 0.491 e. The summed E-state index contributed by atoms with van der Waals surface area (Å²) in [7, 11) is 0. The molecule has 0 aliphatic carbocycles. The summed E-state index contributed by atoms with van der Waals surface area (Å²) in [5, 5.41) is -0.920. The van der Waals surface area contributed by atoms with Gasteiger partial charge in [0, 0.05) is 0 Å². The molecular formula is C20H14Cl2F3NO3. The Balaban J connectivity index is 1.97. The molecule has 4 nitrogen and oxygen atoms in total. The number of benzene rings is 2. The summed E-state index contributed by atoms with van der Waals surface area (Å²) < 4.78 is 44.9. The third-order valence-corrected chi connectivity index (χ3v) is 4.74. The molecule has 9 heteroatoms. The number of nitrogens with zero attached hydrogens (tertiary/aromatic N) is 1. The molecule has 0 radical (unpaired) electrons. The molecule has 1 aliphatic heterocycles. The molecule has 2 aromatic rings. The Hall–Kier alpha value is -2.51. The normalized spacial score (nSPS) is 15.0. The van der Waals surface area contributed by atoms with Gasteiger partial charge in [0.2, 0.25) is 0 Å². The maximum Gasteiger partial charge on any atom is 0.417 e. The van der Waals surface area contributed by atoms with E-state index >= 15 is 0 Å². The number of hydrogen-bond donors (Lipinski definition) is 0. The maximum atomic E-state index is 13.1. The number of halogens is 5. The Morgan fingerprint density at radius 3 is 2.14 bits per heavy atom. The molecular weight excluding hydrogens is 430 g/mol. The first-order chi connectivity index (χ1) is 13.5. The molecule has 0 saturated heterocycles. The smallest absolute Gasteiger partial charge is 0.417 e. The lowest BCUT2D eigenvalue weighted by atomic mass is 10.1. The summed E-state index contributed by atoms with van der Waals surface area (Å²) in [5.41, 5.74) is -1.19. The Morgan fingerprint density at radius 2 is 1.59 bits per heavy atom. The van der Waals surface area contributed by atoms with E-state index in [1.165, 1.54) is 0 Å². The number of anilines is 1. The second-order valence-electron chi connectivity index (χ2n) is 6.49. The summed E-state index contributed by atoms with van der Waals surface area (Å²) in [4.78, 5) is 26.0. The van der Waals surface area contributed by atoms with Gasteiger partial charge in [-0.25, -0.2) is 4.90 Å². The van der Waals surface area contributed by atoms with Gasteiger partial charge in [0.15, 0.2) is 0 Å². The van der Waals surface area contributed by atoms with Crippen molar-refractivity contribution in [3.8, 4) is 5.75 Å². The van der Waals surface area contributed by atoms with Gasteiger partial charge in [0.25, 0.3) is 11.8 Å². The van der Waals surface area contributed by atoms with Crippen molar-refractivity contribution in [1.82, 2.24) is 0 Å². The average molecular weight is 444 g/mol. The van der Waals surface area contributed by atoms with Gasteiger partial charge >= 0.3 is 6.18 Å². The molecule has 1 heterocycles. The predicted molar refractivity (Wildman–Crippen MR) is 104 cm³/mol. The standard InChI is InChI=1S/C20H14Cl2F3NO3/c1-10(2)29-13-6-3-11(4-7-13)16-17(22)19(28)26(18(16)27)12-5-8-15(21)14(9-12)20(23,24)25/h3-10H,1-2H3. The van der Waals surface area contributed by atoms with Crippen LogP contribution in [0.15, 0.2) is 47.5 Å². The molecule has 0 atom stereocenters. The van der Waals surface area contributed by atoms with Crippen LogP contribution < -0.4 is 9.64 Å². The highest BCUT2D eigenvalue weighted by atomic mass is 35.5. The zero-order valence-electron chi connectivity index (χ0n) is 15.2. The molecule has 0 spiro atoms. The van der Waals surface area contributed by atoms with Crippen molar-refractivity contribution in [2.45, 2.75) is 26.1 Å². The summed E-state index contributed by atoms with van der Waals surface area (Å²) in [6.07, 6.45) is -4.80. The number of amides is 2. The van der Waals surface area contributed by atoms with Gasteiger partial charge in [-0.15, -0.1) is 0 Å². The first kappa shape index (κ1) is 21.2. The van der Waals surface area contributed by atoms with Crippen molar-refractivity contribution < 1.29 is 27.5 Å². The first-order valence-corrected chi connectivity index (χ1v) is 9.18. The first-order valence-electron chi connectivity index (χ1n) is 8.43. The predicted octanol–water partition coefficient (Wildman–Crippen LogP) is 5.67. The van der Waals surface area contributed by atoms with E-state index in [1.54, 1.807) is 24.3 Å². The van der Waals surface area contributed by atoms with Crippen LogP contribution in [0.2, 0.25) is 5.02 Å². The Bertz CT molecular complexity index is 1010. The van der Waals surface area contributed by atoms with E-state index in [4.69, 9.17) is 27.9 Å². The second kappa shape index (κ2) is 7.72. The van der Waals surface area contributed by atoms with E-state index in [2.05, 4.69) is 0 Å². The van der Waals surface area contributed by atoms with Crippen molar-refractivity contribution in [1.29, 1.82) is 0 Å². The van der Waals surface area contributed by atoms with E-state index in [-0.39, 0.29) is 22.4 Å². The topological polar surface area (TPSA) is 46.6 Å². The average Bonchev–Trinajstić information content (AvgIpc) is 2.84. The summed E-state index contributed by atoms with van der Waals surface area (Å²) >= 11 is 11.7. The number of imide groups is 1. The van der Waals surface area contributed by atoms with Crippen molar-refractivity contribution >= 4 is 46.3 Å². The second-order valence-corrected chi connectivity index (χ2v) is 7.27.